The van der Waals surface area contributed by atoms with Gasteiger partial charge < -0.3 is 10.8 Å². The number of halogens is 1. The highest BCUT2D eigenvalue weighted by atomic mass is 19.1. The zero-order valence-corrected chi connectivity index (χ0v) is 19.8. The quantitative estimate of drug-likeness (QED) is 0.361. The highest BCUT2D eigenvalue weighted by Gasteiger charge is 2.29. The van der Waals surface area contributed by atoms with E-state index in [-0.39, 0.29) is 29.2 Å². The summed E-state index contributed by atoms with van der Waals surface area (Å²) in [5.41, 5.74) is 8.10. The lowest BCUT2D eigenvalue weighted by atomic mass is 9.80. The molecule has 3 N–H and O–H groups in total. The number of anilines is 1. The van der Waals surface area contributed by atoms with E-state index in [1.807, 2.05) is 32.0 Å². The Balaban J connectivity index is 1.62. The van der Waals surface area contributed by atoms with Crippen LogP contribution in [0.3, 0.4) is 0 Å². The molecule has 0 aliphatic rings. The van der Waals surface area contributed by atoms with Crippen molar-refractivity contribution in [3.63, 3.8) is 0 Å². The third-order valence-electron chi connectivity index (χ3n) is 6.05. The highest BCUT2D eigenvalue weighted by Crippen LogP contribution is 2.30. The molecule has 1 atom stereocenters. The molecule has 0 bridgehead atoms. The molecule has 0 unspecified atom stereocenters. The number of hydrogen-bond donors (Lipinski definition) is 2. The van der Waals surface area contributed by atoms with E-state index in [1.165, 1.54) is 6.07 Å². The van der Waals surface area contributed by atoms with E-state index in [0.717, 1.165) is 0 Å². The Labute approximate surface area is 207 Å². The summed E-state index contributed by atoms with van der Waals surface area (Å²) in [6.45, 7) is 4.14. The van der Waals surface area contributed by atoms with Gasteiger partial charge in [0.25, 0.3) is 0 Å². The maximum atomic E-state index is 14.8. The van der Waals surface area contributed by atoms with Gasteiger partial charge in [-0.05, 0) is 36.8 Å². The number of terminal acetylenes is 1. The monoisotopic (exact) mass is 485 g/mol. The van der Waals surface area contributed by atoms with Crippen molar-refractivity contribution in [3.05, 3.63) is 71.4 Å². The normalized spacial score (nSPS) is 12.6. The van der Waals surface area contributed by atoms with Crippen LogP contribution >= 0.6 is 0 Å². The first-order valence-corrected chi connectivity index (χ1v) is 11.2. The first-order valence-electron chi connectivity index (χ1n) is 11.2. The van der Waals surface area contributed by atoms with Crippen molar-refractivity contribution in [1.82, 2.24) is 29.9 Å². The summed E-state index contributed by atoms with van der Waals surface area (Å²) in [4.78, 5) is 24.4. The van der Waals surface area contributed by atoms with Crippen molar-refractivity contribution >= 4 is 11.9 Å². The number of rotatable bonds is 8. The van der Waals surface area contributed by atoms with Crippen LogP contribution in [0.1, 0.15) is 43.6 Å². The van der Waals surface area contributed by atoms with Crippen LogP contribution in [0.15, 0.2) is 48.7 Å². The molecule has 4 aromatic rings. The van der Waals surface area contributed by atoms with E-state index in [0.29, 0.717) is 35.7 Å². The zero-order valence-electron chi connectivity index (χ0n) is 19.8. The van der Waals surface area contributed by atoms with Gasteiger partial charge in [0.15, 0.2) is 0 Å². The standard InChI is InChI=1S/C26H24FN7O2/c1-4-16-8-6-10-18(24(16)27)19-12-20(31-25(28)30-19)21-15-34(33-32-21)14-17-9-7-11-22(29-17)26(3,5-2)13-23(35)36/h1,6-12,15H,5,13-14H2,2-3H3,(H,35,36)(H2,28,30,31)/t26-/m1/s1. The summed E-state index contributed by atoms with van der Waals surface area (Å²) in [5.74, 6) is 0.819. The molecule has 36 heavy (non-hydrogen) atoms. The summed E-state index contributed by atoms with van der Waals surface area (Å²) in [7, 11) is 0. The Morgan fingerprint density at radius 3 is 2.64 bits per heavy atom. The van der Waals surface area contributed by atoms with Gasteiger partial charge in [-0.25, -0.2) is 19.0 Å². The molecule has 0 radical (unpaired) electrons. The lowest BCUT2D eigenvalue weighted by molar-refractivity contribution is -0.138. The highest BCUT2D eigenvalue weighted by molar-refractivity contribution is 5.69. The summed E-state index contributed by atoms with van der Waals surface area (Å²) in [5, 5.41) is 17.6. The number of hydrogen-bond acceptors (Lipinski definition) is 7. The second-order valence-electron chi connectivity index (χ2n) is 8.61. The Bertz CT molecular complexity index is 1480. The predicted octanol–water partition coefficient (Wildman–Crippen LogP) is 3.69. The van der Waals surface area contributed by atoms with Gasteiger partial charge in [-0.1, -0.05) is 37.1 Å². The Kier molecular flexibility index (Phi) is 6.74. The minimum atomic E-state index is -0.873. The van der Waals surface area contributed by atoms with Crippen LogP contribution in [0.4, 0.5) is 10.3 Å². The first kappa shape index (κ1) is 24.5. The number of nitrogens with two attached hydrogens (primary N) is 1. The van der Waals surface area contributed by atoms with Crippen LogP contribution in [0.25, 0.3) is 22.6 Å². The van der Waals surface area contributed by atoms with Gasteiger partial charge in [-0.15, -0.1) is 11.5 Å². The topological polar surface area (TPSA) is 133 Å². The summed E-state index contributed by atoms with van der Waals surface area (Å²) in [6.07, 6.45) is 7.66. The fraction of sp³-hybridized carbons (Fsp3) is 0.231. The van der Waals surface area contributed by atoms with Crippen LogP contribution in [0.2, 0.25) is 0 Å². The number of aliphatic carboxylic acids is 1. The van der Waals surface area contributed by atoms with Crippen molar-refractivity contribution < 1.29 is 14.3 Å². The molecule has 0 spiro atoms. The maximum Gasteiger partial charge on any atom is 0.304 e. The molecule has 9 nitrogen and oxygen atoms in total. The van der Waals surface area contributed by atoms with Crippen LogP contribution < -0.4 is 5.73 Å². The van der Waals surface area contributed by atoms with Crippen LogP contribution in [-0.2, 0) is 16.8 Å². The molecular formula is C26H24FN7O2. The van der Waals surface area contributed by atoms with Crippen LogP contribution in [0.5, 0.6) is 0 Å². The average Bonchev–Trinajstić information content (AvgIpc) is 3.32. The molecule has 0 aliphatic heterocycles. The average molecular weight is 486 g/mol. The van der Waals surface area contributed by atoms with E-state index >= 15 is 0 Å². The molecular weight excluding hydrogens is 461 g/mol. The largest absolute Gasteiger partial charge is 0.481 e. The number of pyridine rings is 1. The van der Waals surface area contributed by atoms with Crippen molar-refractivity contribution in [2.45, 2.75) is 38.6 Å². The van der Waals surface area contributed by atoms with E-state index in [1.54, 1.807) is 29.1 Å². The zero-order chi connectivity index (χ0) is 25.9. The van der Waals surface area contributed by atoms with Gasteiger partial charge in [-0.2, -0.15) is 0 Å². The fourth-order valence-electron chi connectivity index (χ4n) is 3.87. The van der Waals surface area contributed by atoms with Gasteiger partial charge in [0.2, 0.25) is 5.95 Å². The molecule has 10 heteroatoms. The van der Waals surface area contributed by atoms with Gasteiger partial charge in [-0.3, -0.25) is 9.78 Å². The van der Waals surface area contributed by atoms with Gasteiger partial charge >= 0.3 is 5.97 Å². The van der Waals surface area contributed by atoms with Crippen LogP contribution in [0, 0.1) is 18.2 Å². The molecule has 0 saturated carbocycles. The van der Waals surface area contributed by atoms with Gasteiger partial charge in [0, 0.05) is 16.7 Å². The molecule has 0 aliphatic carbocycles. The lowest BCUT2D eigenvalue weighted by Crippen LogP contribution is -2.26. The minimum Gasteiger partial charge on any atom is -0.481 e. The number of carboxylic acids is 1. The first-order chi connectivity index (χ1) is 17.2. The minimum absolute atomic E-state index is 0.0181. The van der Waals surface area contributed by atoms with Crippen molar-refractivity contribution in [2.24, 2.45) is 0 Å². The van der Waals surface area contributed by atoms with E-state index in [4.69, 9.17) is 12.2 Å². The number of nitrogens with zero attached hydrogens (tertiary/aromatic N) is 6. The predicted molar refractivity (Wildman–Crippen MR) is 132 cm³/mol. The molecule has 3 heterocycles. The second-order valence-corrected chi connectivity index (χ2v) is 8.61. The molecule has 3 aromatic heterocycles. The van der Waals surface area contributed by atoms with Crippen LogP contribution in [-0.4, -0.2) is 41.0 Å². The SMILES string of the molecule is C#Cc1cccc(-c2cc(-c3cn(Cc4cccc([C@](C)(CC)CC(=O)O)n4)nn3)nc(N)n2)c1F. The molecule has 0 fully saturated rings. The van der Waals surface area contributed by atoms with Crippen molar-refractivity contribution in [1.29, 1.82) is 0 Å². The van der Waals surface area contributed by atoms with Crippen molar-refractivity contribution in [3.8, 4) is 35.0 Å². The molecule has 0 saturated heterocycles. The number of aromatic nitrogens is 6. The molecule has 1 aromatic carbocycles. The fourth-order valence-corrected chi connectivity index (χ4v) is 3.87. The Morgan fingerprint density at radius 2 is 1.92 bits per heavy atom. The Morgan fingerprint density at radius 1 is 1.17 bits per heavy atom. The molecule has 182 valence electrons. The maximum absolute atomic E-state index is 14.8. The van der Waals surface area contributed by atoms with E-state index in [9.17, 15) is 14.3 Å². The number of carbonyl (C=O) groups is 1. The van der Waals surface area contributed by atoms with Crippen molar-refractivity contribution in [2.75, 3.05) is 5.73 Å². The number of nitrogen functional groups attached to an aromatic ring is 1. The second kappa shape index (κ2) is 9.92. The summed E-state index contributed by atoms with van der Waals surface area (Å²) < 4.78 is 16.4. The third-order valence-corrected chi connectivity index (χ3v) is 6.05. The third kappa shape index (κ3) is 5.05. The molecule has 4 rings (SSSR count). The summed E-state index contributed by atoms with van der Waals surface area (Å²) in [6, 6.07) is 11.8. The number of benzene rings is 1. The van der Waals surface area contributed by atoms with E-state index < -0.39 is 17.2 Å². The Hall–Kier alpha value is -4.65. The van der Waals surface area contributed by atoms with Gasteiger partial charge in [0.05, 0.1) is 41.8 Å². The smallest absolute Gasteiger partial charge is 0.304 e. The lowest BCUT2D eigenvalue weighted by Gasteiger charge is -2.26. The van der Waals surface area contributed by atoms with Gasteiger partial charge in [0.1, 0.15) is 11.5 Å². The molecule has 0 amide bonds. The van der Waals surface area contributed by atoms with E-state index in [2.05, 4.69) is 31.2 Å². The summed E-state index contributed by atoms with van der Waals surface area (Å²) >= 11 is 0. The number of carboxylic acid groups (broad SMARTS) is 1.